The Labute approximate surface area is 120 Å². The maximum atomic E-state index is 13.5. The number of hydrogen-bond acceptors (Lipinski definition) is 4. The van der Waals surface area contributed by atoms with Gasteiger partial charge in [0.15, 0.2) is 0 Å². The second-order valence-electron chi connectivity index (χ2n) is 4.31. The first-order chi connectivity index (χ1) is 9.81. The molecule has 0 saturated carbocycles. The minimum Gasteiger partial charge on any atom is -0.273 e. The lowest BCUT2D eigenvalue weighted by molar-refractivity contribution is -0.386. The van der Waals surface area contributed by atoms with Gasteiger partial charge < -0.3 is 0 Å². The lowest BCUT2D eigenvalue weighted by Crippen LogP contribution is -2.14. The summed E-state index contributed by atoms with van der Waals surface area (Å²) < 4.78 is 39.8. The molecule has 0 atom stereocenters. The molecule has 0 unspecified atom stereocenters. The quantitative estimate of drug-likeness (QED) is 0.694. The monoisotopic (exact) mass is 310 g/mol. The average Bonchev–Trinajstić information content (AvgIpc) is 2.38. The second-order valence-corrected chi connectivity index (χ2v) is 5.99. The highest BCUT2D eigenvalue weighted by Gasteiger charge is 2.24. The molecule has 6 nitrogen and oxygen atoms in total. The zero-order valence-corrected chi connectivity index (χ0v) is 11.7. The normalized spacial score (nSPS) is 11.1. The van der Waals surface area contributed by atoms with Gasteiger partial charge in [0.05, 0.1) is 9.82 Å². The van der Waals surface area contributed by atoms with Crippen molar-refractivity contribution in [3.63, 3.8) is 0 Å². The van der Waals surface area contributed by atoms with Gasteiger partial charge in [0.2, 0.25) is 5.82 Å². The van der Waals surface area contributed by atoms with E-state index in [-0.39, 0.29) is 4.90 Å². The predicted molar refractivity (Wildman–Crippen MR) is 75.0 cm³/mol. The van der Waals surface area contributed by atoms with Crippen molar-refractivity contribution in [3.8, 4) is 0 Å². The van der Waals surface area contributed by atoms with Crippen LogP contribution in [-0.2, 0) is 10.0 Å². The van der Waals surface area contributed by atoms with Crippen molar-refractivity contribution in [1.82, 2.24) is 0 Å². The summed E-state index contributed by atoms with van der Waals surface area (Å²) in [5, 5.41) is 10.8. The van der Waals surface area contributed by atoms with Crippen LogP contribution in [0, 0.1) is 22.9 Å². The molecule has 0 aliphatic carbocycles. The minimum absolute atomic E-state index is 0.0633. The van der Waals surface area contributed by atoms with E-state index >= 15 is 0 Å². The van der Waals surface area contributed by atoms with Crippen molar-refractivity contribution >= 4 is 21.4 Å². The van der Waals surface area contributed by atoms with Crippen molar-refractivity contribution in [3.05, 3.63) is 64.0 Å². The number of nitrogens with one attached hydrogen (secondary N) is 1. The third-order valence-electron chi connectivity index (χ3n) is 2.74. The average molecular weight is 310 g/mol. The summed E-state index contributed by atoms with van der Waals surface area (Å²) in [5.74, 6) is -1.11. The lowest BCUT2D eigenvalue weighted by Gasteiger charge is -2.09. The number of nitrogens with zero attached hydrogens (tertiary/aromatic N) is 1. The molecule has 2 rings (SSSR count). The maximum absolute atomic E-state index is 13.5. The van der Waals surface area contributed by atoms with E-state index in [0.29, 0.717) is 0 Å². The van der Waals surface area contributed by atoms with Crippen molar-refractivity contribution in [1.29, 1.82) is 0 Å². The summed E-state index contributed by atoms with van der Waals surface area (Å²) in [4.78, 5) is 9.81. The van der Waals surface area contributed by atoms with Crippen molar-refractivity contribution < 1.29 is 17.7 Å². The Morgan fingerprint density at radius 2 is 1.76 bits per heavy atom. The Hall–Kier alpha value is -2.48. The van der Waals surface area contributed by atoms with Crippen LogP contribution in [0.4, 0.5) is 15.8 Å². The Morgan fingerprint density at radius 3 is 2.33 bits per heavy atom. The van der Waals surface area contributed by atoms with Gasteiger partial charge >= 0.3 is 5.69 Å². The van der Waals surface area contributed by atoms with Gasteiger partial charge in [-0.15, -0.1) is 0 Å². The molecule has 0 heterocycles. The molecular formula is C13H11FN2O4S. The Morgan fingerprint density at radius 1 is 1.14 bits per heavy atom. The molecule has 0 aliphatic rings. The summed E-state index contributed by atoms with van der Waals surface area (Å²) in [6.07, 6.45) is 0. The fourth-order valence-corrected chi connectivity index (χ4v) is 2.77. The maximum Gasteiger partial charge on any atom is 0.328 e. The number of hydrogen-bond donors (Lipinski definition) is 1. The Balaban J connectivity index is 2.44. The van der Waals surface area contributed by atoms with Crippen LogP contribution in [0.5, 0.6) is 0 Å². The van der Waals surface area contributed by atoms with Crippen LogP contribution in [0.1, 0.15) is 5.56 Å². The van der Waals surface area contributed by atoms with E-state index in [9.17, 15) is 22.9 Å². The van der Waals surface area contributed by atoms with Crippen molar-refractivity contribution in [2.24, 2.45) is 0 Å². The summed E-state index contributed by atoms with van der Waals surface area (Å²) in [5.41, 5.74) is -0.459. The number of anilines is 1. The van der Waals surface area contributed by atoms with Gasteiger partial charge in [0.25, 0.3) is 10.0 Å². The standard InChI is InChI=1S/C13H11FN2O4S/c1-9-5-7-10(8-6-9)21(19,20)15-12-4-2-3-11(14)13(12)16(17)18/h2-8,15H,1H3. The molecule has 21 heavy (non-hydrogen) atoms. The predicted octanol–water partition coefficient (Wildman–Crippen LogP) is 2.84. The first-order valence-electron chi connectivity index (χ1n) is 5.83. The van der Waals surface area contributed by atoms with Gasteiger partial charge in [-0.2, -0.15) is 4.39 Å². The van der Waals surface area contributed by atoms with Crippen LogP contribution >= 0.6 is 0 Å². The topological polar surface area (TPSA) is 89.3 Å². The van der Waals surface area contributed by atoms with Crippen molar-refractivity contribution in [2.45, 2.75) is 11.8 Å². The van der Waals surface area contributed by atoms with Gasteiger partial charge in [-0.05, 0) is 31.2 Å². The number of rotatable bonds is 4. The highest BCUT2D eigenvalue weighted by Crippen LogP contribution is 2.29. The van der Waals surface area contributed by atoms with Gasteiger partial charge in [-0.1, -0.05) is 23.8 Å². The molecule has 2 aromatic carbocycles. The fraction of sp³-hybridized carbons (Fsp3) is 0.0769. The molecule has 0 amide bonds. The molecule has 8 heteroatoms. The molecule has 0 aromatic heterocycles. The molecule has 1 N–H and O–H groups in total. The Kier molecular flexibility index (Phi) is 3.90. The van der Waals surface area contributed by atoms with Crippen LogP contribution in [0.3, 0.4) is 0 Å². The van der Waals surface area contributed by atoms with E-state index in [2.05, 4.69) is 0 Å². The molecule has 110 valence electrons. The smallest absolute Gasteiger partial charge is 0.273 e. The molecule has 0 fully saturated rings. The third kappa shape index (κ3) is 3.16. The first kappa shape index (κ1) is 14.9. The summed E-state index contributed by atoms with van der Waals surface area (Å²) in [6.45, 7) is 1.79. The van der Waals surface area contributed by atoms with E-state index in [1.165, 1.54) is 18.2 Å². The highest BCUT2D eigenvalue weighted by atomic mass is 32.2. The van der Waals surface area contributed by atoms with Crippen LogP contribution in [0.25, 0.3) is 0 Å². The van der Waals surface area contributed by atoms with E-state index < -0.39 is 32.1 Å². The molecule has 0 spiro atoms. The zero-order valence-electron chi connectivity index (χ0n) is 10.9. The van der Waals surface area contributed by atoms with Crippen LogP contribution in [0.15, 0.2) is 47.4 Å². The molecule has 0 bridgehead atoms. The van der Waals surface area contributed by atoms with Gasteiger partial charge in [0.1, 0.15) is 5.69 Å². The van der Waals surface area contributed by atoms with Crippen LogP contribution in [-0.4, -0.2) is 13.3 Å². The number of nitro benzene ring substituents is 1. The Bertz CT molecular complexity index is 788. The minimum atomic E-state index is -4.02. The zero-order chi connectivity index (χ0) is 15.6. The lowest BCUT2D eigenvalue weighted by atomic mass is 10.2. The second kappa shape index (κ2) is 5.49. The third-order valence-corrected chi connectivity index (χ3v) is 4.13. The van der Waals surface area contributed by atoms with Gasteiger partial charge in [-0.25, -0.2) is 8.42 Å². The van der Waals surface area contributed by atoms with Gasteiger partial charge in [0, 0.05) is 0 Å². The molecule has 0 saturated heterocycles. The van der Waals surface area contributed by atoms with E-state index in [1.807, 2.05) is 4.72 Å². The summed E-state index contributed by atoms with van der Waals surface area (Å²) in [7, 11) is -4.02. The van der Waals surface area contributed by atoms with E-state index in [1.54, 1.807) is 19.1 Å². The molecule has 0 radical (unpaired) electrons. The SMILES string of the molecule is Cc1ccc(S(=O)(=O)Nc2cccc(F)c2[N+](=O)[O-])cc1. The van der Waals surface area contributed by atoms with Gasteiger partial charge in [-0.3, -0.25) is 14.8 Å². The molecule has 2 aromatic rings. The summed E-state index contributed by atoms with van der Waals surface area (Å²) >= 11 is 0. The largest absolute Gasteiger partial charge is 0.328 e. The number of benzene rings is 2. The first-order valence-corrected chi connectivity index (χ1v) is 7.32. The number of halogens is 1. The molecule has 0 aliphatic heterocycles. The van der Waals surface area contributed by atoms with E-state index in [4.69, 9.17) is 0 Å². The summed E-state index contributed by atoms with van der Waals surface area (Å²) in [6, 6.07) is 9.12. The van der Waals surface area contributed by atoms with Crippen LogP contribution in [0.2, 0.25) is 0 Å². The highest BCUT2D eigenvalue weighted by molar-refractivity contribution is 7.92. The van der Waals surface area contributed by atoms with E-state index in [0.717, 1.165) is 17.7 Å². The number of para-hydroxylation sites is 1. The van der Waals surface area contributed by atoms with Crippen LogP contribution < -0.4 is 4.72 Å². The molecular weight excluding hydrogens is 299 g/mol. The number of nitro groups is 1. The fourth-order valence-electron chi connectivity index (χ4n) is 1.70. The number of aryl methyl sites for hydroxylation is 1. The van der Waals surface area contributed by atoms with Crippen molar-refractivity contribution in [2.75, 3.05) is 4.72 Å². The number of sulfonamides is 1.